The smallest absolute Gasteiger partial charge is 0.337 e. The Balaban J connectivity index is 1.51. The van der Waals surface area contributed by atoms with Crippen LogP contribution in [0.5, 0.6) is 0 Å². The maximum absolute atomic E-state index is 13.7. The summed E-state index contributed by atoms with van der Waals surface area (Å²) < 4.78 is 5.43. The number of methoxy groups -OCH3 is 1. The summed E-state index contributed by atoms with van der Waals surface area (Å²) in [6.07, 6.45) is 2.35. The fourth-order valence-corrected chi connectivity index (χ4v) is 6.13. The zero-order chi connectivity index (χ0) is 30.9. The Labute approximate surface area is 253 Å². The van der Waals surface area contributed by atoms with Gasteiger partial charge in [0.1, 0.15) is 6.04 Å². The highest BCUT2D eigenvalue weighted by molar-refractivity contribution is 7.20. The number of nitrogens with zero attached hydrogens (tertiary/aromatic N) is 3. The molecule has 3 unspecified atom stereocenters. The van der Waals surface area contributed by atoms with Crippen molar-refractivity contribution in [3.05, 3.63) is 64.7 Å². The number of thiazole rings is 1. The molecule has 1 fully saturated rings. The average molecular weight is 608 g/mol. The van der Waals surface area contributed by atoms with Gasteiger partial charge in [0.05, 0.1) is 35.0 Å². The molecule has 12 nitrogen and oxygen atoms in total. The summed E-state index contributed by atoms with van der Waals surface area (Å²) in [5.41, 5.74) is 12.8. The number of hydrogen-bond acceptors (Lipinski definition) is 9. The molecule has 1 aliphatic rings. The van der Waals surface area contributed by atoms with E-state index in [1.807, 2.05) is 30.3 Å². The zero-order valence-corrected chi connectivity index (χ0v) is 25.1. The predicted molar refractivity (Wildman–Crippen MR) is 165 cm³/mol. The van der Waals surface area contributed by atoms with E-state index >= 15 is 0 Å². The van der Waals surface area contributed by atoms with E-state index in [0.717, 1.165) is 16.9 Å². The van der Waals surface area contributed by atoms with Crippen LogP contribution in [0.2, 0.25) is 0 Å². The lowest BCUT2D eigenvalue weighted by molar-refractivity contribution is -0.140. The largest absolute Gasteiger partial charge is 0.465 e. The number of esters is 1. The number of ether oxygens (including phenoxy) is 1. The van der Waals surface area contributed by atoms with E-state index in [0.29, 0.717) is 48.0 Å². The van der Waals surface area contributed by atoms with Crippen LogP contribution in [-0.4, -0.2) is 84.8 Å². The molecule has 228 valence electrons. The first-order valence-corrected chi connectivity index (χ1v) is 14.9. The van der Waals surface area contributed by atoms with E-state index in [9.17, 15) is 19.2 Å². The first kappa shape index (κ1) is 31.6. The van der Waals surface area contributed by atoms with Crippen molar-refractivity contribution in [2.45, 2.75) is 50.2 Å². The SMILES string of the molecule is CNC(Cc1ccccc1)C(=O)N1CCCC1C(=O)NC(CCCN=C(N)N)C(=O)c1nc2ccc(C(=O)OC)cc2s1. The molecule has 0 aliphatic carbocycles. The minimum atomic E-state index is -0.913. The molecular weight excluding hydrogens is 570 g/mol. The number of nitrogens with two attached hydrogens (primary N) is 2. The van der Waals surface area contributed by atoms with Gasteiger partial charge >= 0.3 is 5.97 Å². The molecule has 2 heterocycles. The van der Waals surface area contributed by atoms with Crippen LogP contribution in [0, 0.1) is 0 Å². The van der Waals surface area contributed by atoms with Gasteiger partial charge in [0, 0.05) is 13.1 Å². The van der Waals surface area contributed by atoms with Crippen LogP contribution in [0.25, 0.3) is 10.2 Å². The number of fused-ring (bicyclic) bond motifs is 1. The van der Waals surface area contributed by atoms with Gasteiger partial charge in [-0.3, -0.25) is 19.4 Å². The minimum Gasteiger partial charge on any atom is -0.465 e. The number of likely N-dealkylation sites (tertiary alicyclic amines) is 1. The number of hydrogen-bond donors (Lipinski definition) is 4. The number of aromatic nitrogens is 1. The van der Waals surface area contributed by atoms with Crippen LogP contribution in [-0.2, 0) is 20.7 Å². The summed E-state index contributed by atoms with van der Waals surface area (Å²) in [6, 6.07) is 12.4. The van der Waals surface area contributed by atoms with Crippen LogP contribution >= 0.6 is 11.3 Å². The van der Waals surface area contributed by atoms with Crippen LogP contribution < -0.4 is 22.1 Å². The van der Waals surface area contributed by atoms with Crippen molar-refractivity contribution in [2.24, 2.45) is 16.5 Å². The van der Waals surface area contributed by atoms with Crippen molar-refractivity contribution in [2.75, 3.05) is 27.2 Å². The van der Waals surface area contributed by atoms with E-state index in [1.165, 1.54) is 7.11 Å². The molecule has 13 heteroatoms. The predicted octanol–water partition coefficient (Wildman–Crippen LogP) is 1.63. The van der Waals surface area contributed by atoms with Gasteiger partial charge in [-0.25, -0.2) is 9.78 Å². The average Bonchev–Trinajstić information content (AvgIpc) is 3.68. The monoisotopic (exact) mass is 607 g/mol. The third-order valence-corrected chi connectivity index (χ3v) is 8.40. The van der Waals surface area contributed by atoms with Crippen LogP contribution in [0.1, 0.15) is 51.4 Å². The normalized spacial score (nSPS) is 16.0. The molecule has 3 atom stereocenters. The third-order valence-electron chi connectivity index (χ3n) is 7.37. The molecule has 1 saturated heterocycles. The number of likely N-dealkylation sites (N-methyl/N-ethyl adjacent to an activating group) is 1. The standard InChI is InChI=1S/C30H37N7O5S/c1-33-22(16-18-8-4-3-5-9-18)28(40)37-15-7-11-23(37)26(39)35-21(10-6-14-34-30(31)32)25(38)27-36-20-13-12-19(29(41)42-2)17-24(20)43-27/h3-5,8-9,12-13,17,21-23,33H,6-7,10-11,14-16H2,1-2H3,(H,35,39)(H4,31,32,34). The lowest BCUT2D eigenvalue weighted by Crippen LogP contribution is -2.54. The van der Waals surface area contributed by atoms with Gasteiger partial charge in [-0.05, 0) is 62.9 Å². The highest BCUT2D eigenvalue weighted by atomic mass is 32.1. The number of aliphatic imine (C=N–C) groups is 1. The molecule has 2 aromatic carbocycles. The second-order valence-corrected chi connectivity index (χ2v) is 11.3. The van der Waals surface area contributed by atoms with Gasteiger partial charge in [0.2, 0.25) is 17.6 Å². The third kappa shape index (κ3) is 7.93. The maximum Gasteiger partial charge on any atom is 0.337 e. The molecule has 0 bridgehead atoms. The summed E-state index contributed by atoms with van der Waals surface area (Å²) in [5.74, 6) is -1.48. The number of carbonyl (C=O) groups excluding carboxylic acids is 4. The number of amides is 2. The Morgan fingerprint density at radius 1 is 1.14 bits per heavy atom. The summed E-state index contributed by atoms with van der Waals surface area (Å²) in [7, 11) is 3.03. The van der Waals surface area contributed by atoms with Gasteiger partial charge in [-0.1, -0.05) is 30.3 Å². The highest BCUT2D eigenvalue weighted by Gasteiger charge is 2.38. The van der Waals surface area contributed by atoms with Crippen molar-refractivity contribution in [3.8, 4) is 0 Å². The number of carbonyl (C=O) groups is 4. The van der Waals surface area contributed by atoms with Gasteiger partial charge in [-0.15, -0.1) is 11.3 Å². The maximum atomic E-state index is 13.7. The van der Waals surface area contributed by atoms with Crippen molar-refractivity contribution in [1.82, 2.24) is 20.5 Å². The number of Topliss-reactive ketones (excluding diaryl/α,β-unsaturated/α-hetero) is 1. The molecule has 0 saturated carbocycles. The summed E-state index contributed by atoms with van der Waals surface area (Å²) in [5, 5.41) is 6.19. The number of ketones is 1. The quantitative estimate of drug-likeness (QED) is 0.0738. The van der Waals surface area contributed by atoms with Gasteiger partial charge in [-0.2, -0.15) is 0 Å². The van der Waals surface area contributed by atoms with Gasteiger partial charge in [0.15, 0.2) is 11.0 Å². The Bertz CT molecular complexity index is 1490. The lowest BCUT2D eigenvalue weighted by Gasteiger charge is -2.29. The van der Waals surface area contributed by atoms with Gasteiger partial charge < -0.3 is 31.7 Å². The summed E-state index contributed by atoms with van der Waals surface area (Å²) in [6.45, 7) is 0.731. The zero-order valence-electron chi connectivity index (χ0n) is 24.2. The van der Waals surface area contributed by atoms with E-state index < -0.39 is 30.0 Å². The van der Waals surface area contributed by atoms with E-state index in [4.69, 9.17) is 16.2 Å². The Morgan fingerprint density at radius 2 is 1.91 bits per heavy atom. The van der Waals surface area contributed by atoms with Crippen LogP contribution in [0.4, 0.5) is 0 Å². The molecule has 0 radical (unpaired) electrons. The number of benzene rings is 2. The fraction of sp³-hybridized carbons (Fsp3) is 0.400. The minimum absolute atomic E-state index is 0.0609. The highest BCUT2D eigenvalue weighted by Crippen LogP contribution is 2.26. The summed E-state index contributed by atoms with van der Waals surface area (Å²) in [4.78, 5) is 62.9. The van der Waals surface area contributed by atoms with Crippen molar-refractivity contribution >= 4 is 51.1 Å². The molecule has 1 aliphatic heterocycles. The molecule has 6 N–H and O–H groups in total. The van der Waals surface area contributed by atoms with Crippen molar-refractivity contribution in [3.63, 3.8) is 0 Å². The molecular formula is C30H37N7O5S. The van der Waals surface area contributed by atoms with Crippen molar-refractivity contribution in [1.29, 1.82) is 0 Å². The number of rotatable bonds is 13. The molecule has 3 aromatic rings. The second kappa shape index (κ2) is 14.7. The number of nitrogens with one attached hydrogen (secondary N) is 2. The topological polar surface area (TPSA) is 182 Å². The van der Waals surface area contributed by atoms with E-state index in [2.05, 4.69) is 20.6 Å². The van der Waals surface area contributed by atoms with Crippen LogP contribution in [0.3, 0.4) is 0 Å². The van der Waals surface area contributed by atoms with Crippen LogP contribution in [0.15, 0.2) is 53.5 Å². The Morgan fingerprint density at radius 3 is 2.60 bits per heavy atom. The van der Waals surface area contributed by atoms with E-state index in [1.54, 1.807) is 30.1 Å². The molecule has 4 rings (SSSR count). The first-order chi connectivity index (χ1) is 20.7. The second-order valence-electron chi connectivity index (χ2n) is 10.3. The summed E-state index contributed by atoms with van der Waals surface area (Å²) >= 11 is 1.13. The Kier molecular flexibility index (Phi) is 10.8. The molecule has 1 aromatic heterocycles. The molecule has 2 amide bonds. The lowest BCUT2D eigenvalue weighted by atomic mass is 10.0. The first-order valence-electron chi connectivity index (χ1n) is 14.1. The Hall–Kier alpha value is -4.36. The van der Waals surface area contributed by atoms with Crippen molar-refractivity contribution < 1.29 is 23.9 Å². The van der Waals surface area contributed by atoms with Gasteiger partial charge in [0.25, 0.3) is 0 Å². The molecule has 0 spiro atoms. The number of guanidine groups is 1. The fourth-order valence-electron chi connectivity index (χ4n) is 5.13. The molecule has 43 heavy (non-hydrogen) atoms. The van der Waals surface area contributed by atoms with E-state index in [-0.39, 0.29) is 35.6 Å².